The number of ether oxygens (including phenoxy) is 2. The zero-order chi connectivity index (χ0) is 30.4. The Balaban J connectivity index is 1.63. The number of nitrogens with one attached hydrogen (secondary N) is 2. The highest BCUT2D eigenvalue weighted by atomic mass is 35.5. The molecule has 2 aromatic carbocycles. The minimum atomic E-state index is -3.34. The van der Waals surface area contributed by atoms with Gasteiger partial charge in [-0.15, -0.1) is 0 Å². The first-order chi connectivity index (χ1) is 20.0. The van der Waals surface area contributed by atoms with Crippen LogP contribution in [0.4, 0.5) is 28.8 Å². The second-order valence-electron chi connectivity index (χ2n) is 10.8. The van der Waals surface area contributed by atoms with Gasteiger partial charge in [-0.05, 0) is 57.1 Å². The number of aryl methyl sites for hydroxylation is 1. The highest BCUT2D eigenvalue weighted by Gasteiger charge is 2.24. The van der Waals surface area contributed by atoms with Crippen molar-refractivity contribution in [2.45, 2.75) is 44.4 Å². The zero-order valence-corrected chi connectivity index (χ0v) is 26.8. The number of piperidine rings is 1. The summed E-state index contributed by atoms with van der Waals surface area (Å²) < 4.78 is 35.5. The first-order valence-electron chi connectivity index (χ1n) is 14.0. The van der Waals surface area contributed by atoms with Gasteiger partial charge in [0.1, 0.15) is 16.5 Å². The lowest BCUT2D eigenvalue weighted by atomic mass is 10.00. The molecule has 0 radical (unpaired) electrons. The maximum Gasteiger partial charge on any atom is 0.229 e. The van der Waals surface area contributed by atoms with E-state index in [1.165, 1.54) is 30.8 Å². The lowest BCUT2D eigenvalue weighted by molar-refractivity contribution is 0.249. The van der Waals surface area contributed by atoms with E-state index in [2.05, 4.69) is 63.6 Å². The van der Waals surface area contributed by atoms with Crippen LogP contribution in [0.25, 0.3) is 0 Å². The molecular weight excluding hydrogens is 576 g/mol. The third kappa shape index (κ3) is 7.76. The van der Waals surface area contributed by atoms with Gasteiger partial charge in [0.25, 0.3) is 0 Å². The van der Waals surface area contributed by atoms with Crippen LogP contribution in [0, 0.1) is 0 Å². The maximum atomic E-state index is 12.1. The SMILES string of the molecule is CCCc1cc(Nc2ncc(Cl)c(Nc3cccc(OC)c3CS(C)(=O)=O)n2)c(OC)cc1N1CCC(N(C)C)CC1. The first kappa shape index (κ1) is 31.7. The van der Waals surface area contributed by atoms with Gasteiger partial charge < -0.3 is 29.9 Å². The molecule has 2 heterocycles. The number of hydrogen-bond donors (Lipinski definition) is 2. The summed E-state index contributed by atoms with van der Waals surface area (Å²) in [5.41, 5.74) is 4.20. The largest absolute Gasteiger partial charge is 0.496 e. The lowest BCUT2D eigenvalue weighted by Crippen LogP contribution is -2.42. The smallest absolute Gasteiger partial charge is 0.229 e. The number of rotatable bonds is 12. The summed E-state index contributed by atoms with van der Waals surface area (Å²) in [7, 11) is 4.12. The highest BCUT2D eigenvalue weighted by Crippen LogP contribution is 2.38. The molecule has 1 aliphatic heterocycles. The second kappa shape index (κ2) is 13.8. The molecule has 0 atom stereocenters. The third-order valence-corrected chi connectivity index (χ3v) is 8.55. The number of halogens is 1. The molecule has 0 spiro atoms. The summed E-state index contributed by atoms with van der Waals surface area (Å²) in [5, 5.41) is 6.77. The Bertz CT molecular complexity index is 1490. The second-order valence-corrected chi connectivity index (χ2v) is 13.4. The van der Waals surface area contributed by atoms with E-state index >= 15 is 0 Å². The van der Waals surface area contributed by atoms with Crippen LogP contribution in [-0.4, -0.2) is 77.0 Å². The normalized spacial score (nSPS) is 14.2. The van der Waals surface area contributed by atoms with Crippen molar-refractivity contribution < 1.29 is 17.9 Å². The minimum Gasteiger partial charge on any atom is -0.496 e. The molecule has 1 aliphatic rings. The Morgan fingerprint density at radius 3 is 2.40 bits per heavy atom. The number of hydrogen-bond acceptors (Lipinski definition) is 10. The Kier molecular flexibility index (Phi) is 10.4. The predicted octanol–water partition coefficient (Wildman–Crippen LogP) is 5.66. The monoisotopic (exact) mass is 616 g/mol. The van der Waals surface area contributed by atoms with Gasteiger partial charge in [-0.1, -0.05) is 31.0 Å². The molecule has 12 heteroatoms. The number of sulfone groups is 1. The van der Waals surface area contributed by atoms with E-state index < -0.39 is 9.84 Å². The van der Waals surface area contributed by atoms with Gasteiger partial charge in [0.05, 0.1) is 31.9 Å². The topological polar surface area (TPSA) is 109 Å². The van der Waals surface area contributed by atoms with E-state index in [1.807, 2.05) is 0 Å². The molecule has 0 unspecified atom stereocenters. The zero-order valence-electron chi connectivity index (χ0n) is 25.2. The molecule has 2 N–H and O–H groups in total. The van der Waals surface area contributed by atoms with Gasteiger partial charge in [0.2, 0.25) is 5.95 Å². The number of methoxy groups -OCH3 is 2. The number of nitrogens with zero attached hydrogens (tertiary/aromatic N) is 4. The molecule has 3 aromatic rings. The number of anilines is 5. The number of benzene rings is 2. The molecule has 0 saturated carbocycles. The van der Waals surface area contributed by atoms with Gasteiger partial charge in [-0.3, -0.25) is 0 Å². The molecule has 4 rings (SSSR count). The van der Waals surface area contributed by atoms with Crippen LogP contribution in [0.15, 0.2) is 36.5 Å². The fourth-order valence-corrected chi connectivity index (χ4v) is 6.28. The van der Waals surface area contributed by atoms with Crippen molar-refractivity contribution in [3.63, 3.8) is 0 Å². The molecule has 0 bridgehead atoms. The Morgan fingerprint density at radius 1 is 1.07 bits per heavy atom. The first-order valence-corrected chi connectivity index (χ1v) is 16.5. The summed E-state index contributed by atoms with van der Waals surface area (Å²) in [6, 6.07) is 10.1. The van der Waals surface area contributed by atoms with Gasteiger partial charge in [0.15, 0.2) is 15.7 Å². The standard InChI is InChI=1S/C30H41ClN6O4S/c1-7-9-20-16-25(28(41-5)17-26(20)37-14-12-21(13-15-37)36(2)3)34-30-32-18-23(31)29(35-30)33-24-10-8-11-27(40-4)22(24)19-42(6,38)39/h8,10-11,16-18,21H,7,9,12-15,19H2,1-6H3,(H2,32,33,34,35). The predicted molar refractivity (Wildman–Crippen MR) is 171 cm³/mol. The van der Waals surface area contributed by atoms with Gasteiger partial charge >= 0.3 is 0 Å². The average Bonchev–Trinajstić information content (AvgIpc) is 2.95. The quantitative estimate of drug-likeness (QED) is 0.264. The Hall–Kier alpha value is -3.28. The van der Waals surface area contributed by atoms with Crippen LogP contribution in [-0.2, 0) is 22.0 Å². The summed E-state index contributed by atoms with van der Waals surface area (Å²) in [5.74, 6) is 1.58. The fraction of sp³-hybridized carbons (Fsp3) is 0.467. The van der Waals surface area contributed by atoms with Crippen molar-refractivity contribution in [1.82, 2.24) is 14.9 Å². The molecular formula is C30H41ClN6O4S. The van der Waals surface area contributed by atoms with E-state index in [0.717, 1.165) is 44.5 Å². The molecule has 0 aliphatic carbocycles. The van der Waals surface area contributed by atoms with E-state index in [9.17, 15) is 8.42 Å². The van der Waals surface area contributed by atoms with Crippen LogP contribution < -0.4 is 25.0 Å². The van der Waals surface area contributed by atoms with Crippen molar-refractivity contribution in [3.05, 3.63) is 52.7 Å². The van der Waals surface area contributed by atoms with Crippen molar-refractivity contribution in [1.29, 1.82) is 0 Å². The van der Waals surface area contributed by atoms with E-state index in [1.54, 1.807) is 25.3 Å². The van der Waals surface area contributed by atoms with Crippen LogP contribution in [0.5, 0.6) is 11.5 Å². The third-order valence-electron chi connectivity index (χ3n) is 7.46. The number of aromatic nitrogens is 2. The molecule has 1 fully saturated rings. The van der Waals surface area contributed by atoms with Crippen molar-refractivity contribution in [3.8, 4) is 11.5 Å². The minimum absolute atomic E-state index is 0.205. The molecule has 10 nitrogen and oxygen atoms in total. The summed E-state index contributed by atoms with van der Waals surface area (Å²) >= 11 is 6.47. The molecule has 42 heavy (non-hydrogen) atoms. The highest BCUT2D eigenvalue weighted by molar-refractivity contribution is 7.89. The van der Waals surface area contributed by atoms with Crippen molar-refractivity contribution in [2.24, 2.45) is 0 Å². The van der Waals surface area contributed by atoms with Crippen LogP contribution in [0.3, 0.4) is 0 Å². The summed E-state index contributed by atoms with van der Waals surface area (Å²) in [6.07, 6.45) is 6.85. The molecule has 228 valence electrons. The summed E-state index contributed by atoms with van der Waals surface area (Å²) in [6.45, 7) is 4.17. The van der Waals surface area contributed by atoms with Gasteiger partial charge in [0, 0.05) is 48.4 Å². The Labute approximate surface area is 254 Å². The molecule has 0 amide bonds. The molecule has 1 saturated heterocycles. The van der Waals surface area contributed by atoms with Crippen LogP contribution in [0.2, 0.25) is 5.02 Å². The fourth-order valence-electron chi connectivity index (χ4n) is 5.32. The van der Waals surface area contributed by atoms with Gasteiger partial charge in [-0.2, -0.15) is 4.98 Å². The van der Waals surface area contributed by atoms with E-state index in [-0.39, 0.29) is 10.8 Å². The van der Waals surface area contributed by atoms with Crippen molar-refractivity contribution >= 4 is 50.3 Å². The molecule has 1 aromatic heterocycles. The Morgan fingerprint density at radius 2 is 1.79 bits per heavy atom. The van der Waals surface area contributed by atoms with Crippen molar-refractivity contribution in [2.75, 3.05) is 63.2 Å². The van der Waals surface area contributed by atoms with Crippen LogP contribution in [0.1, 0.15) is 37.3 Å². The average molecular weight is 617 g/mol. The maximum absolute atomic E-state index is 12.1. The van der Waals surface area contributed by atoms with E-state index in [0.29, 0.717) is 40.6 Å². The van der Waals surface area contributed by atoms with Crippen LogP contribution >= 0.6 is 11.6 Å². The van der Waals surface area contributed by atoms with E-state index in [4.69, 9.17) is 21.1 Å². The lowest BCUT2D eigenvalue weighted by Gasteiger charge is -2.37. The summed E-state index contributed by atoms with van der Waals surface area (Å²) in [4.78, 5) is 13.8. The van der Waals surface area contributed by atoms with Gasteiger partial charge in [-0.25, -0.2) is 13.4 Å².